The van der Waals surface area contributed by atoms with Gasteiger partial charge in [0.1, 0.15) is 11.5 Å². The summed E-state index contributed by atoms with van der Waals surface area (Å²) in [5, 5.41) is 8.36. The second-order valence-electron chi connectivity index (χ2n) is 6.56. The topological polar surface area (TPSA) is 67.9 Å². The minimum Gasteiger partial charge on any atom is -0.417 e. The lowest BCUT2D eigenvalue weighted by molar-refractivity contribution is 0.117. The number of benzene rings is 1. The number of aromatic nitrogens is 4. The zero-order chi connectivity index (χ0) is 17.9. The van der Waals surface area contributed by atoms with Crippen molar-refractivity contribution >= 4 is 0 Å². The van der Waals surface area contributed by atoms with E-state index in [0.29, 0.717) is 29.6 Å². The Morgan fingerprint density at radius 3 is 2.85 bits per heavy atom. The van der Waals surface area contributed by atoms with E-state index >= 15 is 0 Å². The zero-order valence-electron chi connectivity index (χ0n) is 14.6. The molecule has 1 aliphatic rings. The zero-order valence-corrected chi connectivity index (χ0v) is 14.6. The quantitative estimate of drug-likeness (QED) is 0.712. The van der Waals surface area contributed by atoms with Crippen LogP contribution in [0.15, 0.2) is 41.1 Å². The summed E-state index contributed by atoms with van der Waals surface area (Å²) in [7, 11) is 0. The average Bonchev–Trinajstić information content (AvgIpc) is 3.15. The second-order valence-corrected chi connectivity index (χ2v) is 6.56. The van der Waals surface area contributed by atoms with Gasteiger partial charge in [-0.15, -0.1) is 10.2 Å². The summed E-state index contributed by atoms with van der Waals surface area (Å²) in [6.07, 6.45) is 6.38. The molecule has 1 aliphatic heterocycles. The lowest BCUT2D eigenvalue weighted by atomic mass is 10.0. The van der Waals surface area contributed by atoms with Crippen molar-refractivity contribution in [3.8, 4) is 11.6 Å². The molecule has 3 aromatic rings. The number of piperidine rings is 1. The van der Waals surface area contributed by atoms with Crippen LogP contribution >= 0.6 is 0 Å². The molecule has 1 fully saturated rings. The van der Waals surface area contributed by atoms with E-state index in [0.717, 1.165) is 31.5 Å². The Bertz CT molecular complexity index is 880. The predicted molar refractivity (Wildman–Crippen MR) is 93.5 cm³/mol. The maximum absolute atomic E-state index is 14.0. The maximum Gasteiger partial charge on any atom is 0.267 e. The number of likely N-dealkylation sites (tertiary alicyclic amines) is 1. The summed E-state index contributed by atoms with van der Waals surface area (Å²) in [5.74, 6) is 0.736. The van der Waals surface area contributed by atoms with Crippen molar-refractivity contribution in [2.45, 2.75) is 38.8 Å². The molecule has 0 unspecified atom stereocenters. The van der Waals surface area contributed by atoms with Gasteiger partial charge < -0.3 is 4.42 Å². The number of hydrogen-bond donors (Lipinski definition) is 0. The first-order chi connectivity index (χ1) is 12.7. The van der Waals surface area contributed by atoms with Crippen molar-refractivity contribution in [3.05, 3.63) is 59.6 Å². The number of halogens is 1. The van der Waals surface area contributed by atoms with Crippen molar-refractivity contribution < 1.29 is 8.81 Å². The Labute approximate surface area is 151 Å². The highest BCUT2D eigenvalue weighted by molar-refractivity contribution is 5.43. The molecule has 0 aliphatic carbocycles. The molecule has 0 amide bonds. The van der Waals surface area contributed by atoms with Crippen molar-refractivity contribution in [2.75, 3.05) is 6.54 Å². The van der Waals surface area contributed by atoms with Gasteiger partial charge in [0.25, 0.3) is 5.89 Å². The second kappa shape index (κ2) is 7.29. The van der Waals surface area contributed by atoms with Crippen LogP contribution in [0.4, 0.5) is 4.39 Å². The fraction of sp³-hybridized carbons (Fsp3) is 0.368. The van der Waals surface area contributed by atoms with Gasteiger partial charge in [0.05, 0.1) is 17.9 Å². The van der Waals surface area contributed by atoms with E-state index in [-0.39, 0.29) is 11.9 Å². The normalized spacial score (nSPS) is 18.2. The molecule has 3 heterocycles. The lowest BCUT2D eigenvalue weighted by Gasteiger charge is -2.33. The minimum atomic E-state index is -0.182. The minimum absolute atomic E-state index is 0.0111. The van der Waals surface area contributed by atoms with Crippen LogP contribution < -0.4 is 0 Å². The first kappa shape index (κ1) is 16.8. The van der Waals surface area contributed by atoms with Gasteiger partial charge in [-0.2, -0.15) is 0 Å². The van der Waals surface area contributed by atoms with Crippen LogP contribution in [0, 0.1) is 12.7 Å². The summed E-state index contributed by atoms with van der Waals surface area (Å²) < 4.78 is 19.9. The van der Waals surface area contributed by atoms with Crippen LogP contribution in [0.5, 0.6) is 0 Å². The number of rotatable bonds is 4. The maximum atomic E-state index is 14.0. The molecule has 0 spiro atoms. The molecule has 7 heteroatoms. The molecule has 0 radical (unpaired) electrons. The SMILES string of the molecule is Cc1cnc(-c2nnc([C@@H]3CCCCN3Cc3ccccc3F)o2)cn1. The van der Waals surface area contributed by atoms with Gasteiger partial charge in [-0.3, -0.25) is 9.88 Å². The number of aryl methyl sites for hydroxylation is 1. The Kier molecular flexibility index (Phi) is 4.71. The Balaban J connectivity index is 1.57. The Morgan fingerprint density at radius 1 is 1.15 bits per heavy atom. The first-order valence-corrected chi connectivity index (χ1v) is 8.80. The third kappa shape index (κ3) is 3.48. The van der Waals surface area contributed by atoms with E-state index in [2.05, 4.69) is 25.1 Å². The molecule has 6 nitrogen and oxygen atoms in total. The van der Waals surface area contributed by atoms with Crippen LogP contribution in [0.3, 0.4) is 0 Å². The van der Waals surface area contributed by atoms with Crippen LogP contribution in [-0.2, 0) is 6.54 Å². The van der Waals surface area contributed by atoms with Crippen LogP contribution in [0.25, 0.3) is 11.6 Å². The smallest absolute Gasteiger partial charge is 0.267 e. The van der Waals surface area contributed by atoms with E-state index in [1.54, 1.807) is 18.5 Å². The van der Waals surface area contributed by atoms with Crippen molar-refractivity contribution in [1.82, 2.24) is 25.1 Å². The predicted octanol–water partition coefficient (Wildman–Crippen LogP) is 3.70. The summed E-state index contributed by atoms with van der Waals surface area (Å²) in [4.78, 5) is 10.7. The fourth-order valence-corrected chi connectivity index (χ4v) is 3.28. The van der Waals surface area contributed by atoms with E-state index in [1.165, 1.54) is 6.07 Å². The first-order valence-electron chi connectivity index (χ1n) is 8.80. The summed E-state index contributed by atoms with van der Waals surface area (Å²) >= 11 is 0. The molecule has 2 aromatic heterocycles. The molecule has 0 bridgehead atoms. The monoisotopic (exact) mass is 353 g/mol. The number of nitrogens with zero attached hydrogens (tertiary/aromatic N) is 5. The average molecular weight is 353 g/mol. The fourth-order valence-electron chi connectivity index (χ4n) is 3.28. The molecule has 1 atom stereocenters. The molecule has 134 valence electrons. The van der Waals surface area contributed by atoms with E-state index in [4.69, 9.17) is 4.42 Å². The van der Waals surface area contributed by atoms with Gasteiger partial charge in [0.2, 0.25) is 5.89 Å². The van der Waals surface area contributed by atoms with Gasteiger partial charge in [0, 0.05) is 18.3 Å². The van der Waals surface area contributed by atoms with E-state index in [1.807, 2.05) is 19.1 Å². The summed E-state index contributed by atoms with van der Waals surface area (Å²) in [5.41, 5.74) is 2.08. The highest BCUT2D eigenvalue weighted by atomic mass is 19.1. The molecule has 1 saturated heterocycles. The number of hydrogen-bond acceptors (Lipinski definition) is 6. The van der Waals surface area contributed by atoms with Gasteiger partial charge >= 0.3 is 0 Å². The molecule has 0 N–H and O–H groups in total. The lowest BCUT2D eigenvalue weighted by Crippen LogP contribution is -2.33. The highest BCUT2D eigenvalue weighted by Crippen LogP contribution is 2.32. The standard InChI is InChI=1S/C19H20FN5O/c1-13-10-22-16(11-21-13)18-23-24-19(26-18)17-8-4-5-9-25(17)12-14-6-2-3-7-15(14)20/h2-3,6-7,10-11,17H,4-5,8-9,12H2,1H3/t17-/m0/s1. The summed E-state index contributed by atoms with van der Waals surface area (Å²) in [6.45, 7) is 3.28. The van der Waals surface area contributed by atoms with E-state index in [9.17, 15) is 4.39 Å². The highest BCUT2D eigenvalue weighted by Gasteiger charge is 2.29. The largest absolute Gasteiger partial charge is 0.417 e. The summed E-state index contributed by atoms with van der Waals surface area (Å²) in [6, 6.07) is 6.87. The van der Waals surface area contributed by atoms with Crippen LogP contribution in [-0.4, -0.2) is 31.6 Å². The third-order valence-electron chi connectivity index (χ3n) is 4.67. The molecule has 26 heavy (non-hydrogen) atoms. The molecular weight excluding hydrogens is 333 g/mol. The Hall–Kier alpha value is -2.67. The molecular formula is C19H20FN5O. The van der Waals surface area contributed by atoms with E-state index < -0.39 is 0 Å². The molecule has 4 rings (SSSR count). The van der Waals surface area contributed by atoms with Crippen molar-refractivity contribution in [2.24, 2.45) is 0 Å². The van der Waals surface area contributed by atoms with Crippen LogP contribution in [0.1, 0.15) is 42.5 Å². The van der Waals surface area contributed by atoms with Crippen molar-refractivity contribution in [1.29, 1.82) is 0 Å². The van der Waals surface area contributed by atoms with Crippen molar-refractivity contribution in [3.63, 3.8) is 0 Å². The van der Waals surface area contributed by atoms with Crippen LogP contribution in [0.2, 0.25) is 0 Å². The molecule has 0 saturated carbocycles. The van der Waals surface area contributed by atoms with Gasteiger partial charge in [-0.25, -0.2) is 9.37 Å². The van der Waals surface area contributed by atoms with Gasteiger partial charge in [-0.05, 0) is 32.4 Å². The van der Waals surface area contributed by atoms with Gasteiger partial charge in [-0.1, -0.05) is 24.6 Å². The Morgan fingerprint density at radius 2 is 2.04 bits per heavy atom. The third-order valence-corrected chi connectivity index (χ3v) is 4.67. The van der Waals surface area contributed by atoms with Gasteiger partial charge in [0.15, 0.2) is 0 Å². The molecule has 1 aromatic carbocycles.